The molecule has 2 N–H and O–H groups in total. The lowest BCUT2D eigenvalue weighted by Gasteiger charge is -2.59. The largest absolute Gasteiger partial charge is 0.487 e. The summed E-state index contributed by atoms with van der Waals surface area (Å²) in [5.74, 6) is 0.0425. The number of aryl methyl sites for hydroxylation is 1. The molecule has 1 aromatic carbocycles. The number of likely N-dealkylation sites (N-methyl/N-ethyl adjacent to an activating group) is 1. The average Bonchev–Trinajstić information content (AvgIpc) is 3.24. The summed E-state index contributed by atoms with van der Waals surface area (Å²) in [5.41, 5.74) is 4.12. The molecule has 1 amide bonds. The Labute approximate surface area is 367 Å². The van der Waals surface area contributed by atoms with E-state index in [1.165, 1.54) is 38.5 Å². The third-order valence-corrected chi connectivity index (χ3v) is 12.8. The zero-order valence-corrected chi connectivity index (χ0v) is 38.3. The minimum absolute atomic E-state index is 0.0645. The van der Waals surface area contributed by atoms with Crippen LogP contribution in [0.5, 0.6) is 11.5 Å². The van der Waals surface area contributed by atoms with Crippen LogP contribution in [0, 0.1) is 24.7 Å². The van der Waals surface area contributed by atoms with E-state index in [2.05, 4.69) is 30.6 Å². The maximum atomic E-state index is 14.4. The molecule has 1 aliphatic heterocycles. The summed E-state index contributed by atoms with van der Waals surface area (Å²) in [6.45, 7) is 15.1. The highest BCUT2D eigenvalue weighted by Crippen LogP contribution is 2.62. The van der Waals surface area contributed by atoms with Gasteiger partial charge < -0.3 is 34.2 Å². The Kier molecular flexibility index (Phi) is 18.7. The zero-order valence-electron chi connectivity index (χ0n) is 38.3. The van der Waals surface area contributed by atoms with Gasteiger partial charge in [-0.3, -0.25) is 9.78 Å². The second-order valence-corrected chi connectivity index (χ2v) is 18.6. The van der Waals surface area contributed by atoms with Gasteiger partial charge >= 0.3 is 0 Å². The van der Waals surface area contributed by atoms with Crippen LogP contribution in [-0.2, 0) is 21.0 Å². The molecule has 0 spiro atoms. The van der Waals surface area contributed by atoms with Gasteiger partial charge in [-0.1, -0.05) is 94.5 Å². The van der Waals surface area contributed by atoms with Crippen molar-refractivity contribution < 1.29 is 34.1 Å². The summed E-state index contributed by atoms with van der Waals surface area (Å²) in [5, 5.41) is 24.8. The van der Waals surface area contributed by atoms with Gasteiger partial charge in [-0.25, -0.2) is 0 Å². The van der Waals surface area contributed by atoms with Crippen molar-refractivity contribution in [2.45, 2.75) is 174 Å². The number of rotatable bonds is 26. The zero-order chi connectivity index (χ0) is 43.8. The van der Waals surface area contributed by atoms with Gasteiger partial charge in [0.1, 0.15) is 29.7 Å². The molecule has 10 heteroatoms. The van der Waals surface area contributed by atoms with Gasteiger partial charge in [0.2, 0.25) is 11.7 Å². The molecule has 1 aromatic heterocycles. The molecule has 2 aromatic rings. The number of allylic oxidation sites excluding steroid dienone is 1. The fourth-order valence-electron chi connectivity index (χ4n) is 9.78. The molecule has 10 nitrogen and oxygen atoms in total. The SMILES string of the molecule is C=CCO[C@@]12Oc3ccc(OCc4cccc(C)n4)cc3[C@H]3[C@H](CCCCO)[C@@H](CCCCO)C=C(C(=NOC(C)(C)C)C[C@@H]1N(C)C(=O)CCCCCCCCCCC)[C@H]32. The van der Waals surface area contributed by atoms with Crippen LogP contribution < -0.4 is 9.47 Å². The number of pyridine rings is 1. The normalized spacial score (nSPS) is 23.7. The van der Waals surface area contributed by atoms with E-state index in [9.17, 15) is 15.0 Å². The number of hydrogen-bond acceptors (Lipinski definition) is 9. The number of aliphatic hydroxyl groups excluding tert-OH is 2. The van der Waals surface area contributed by atoms with Crippen LogP contribution in [0.1, 0.15) is 160 Å². The first kappa shape index (κ1) is 48.3. The fourth-order valence-corrected chi connectivity index (χ4v) is 9.78. The van der Waals surface area contributed by atoms with Gasteiger partial charge in [0.25, 0.3) is 0 Å². The van der Waals surface area contributed by atoms with Crippen molar-refractivity contribution in [3.8, 4) is 11.5 Å². The first-order valence-corrected chi connectivity index (χ1v) is 23.5. The Balaban J connectivity index is 1.59. The second kappa shape index (κ2) is 23.6. The van der Waals surface area contributed by atoms with Gasteiger partial charge in [0.05, 0.1) is 23.9 Å². The molecule has 6 atom stereocenters. The fraction of sp³-hybridized carbons (Fsp3) is 0.667. The molecular formula is C51H77N3O7. The number of ether oxygens (including phenoxy) is 3. The van der Waals surface area contributed by atoms with E-state index in [0.29, 0.717) is 31.6 Å². The van der Waals surface area contributed by atoms with Crippen LogP contribution in [0.4, 0.5) is 0 Å². The van der Waals surface area contributed by atoms with Crippen molar-refractivity contribution >= 4 is 11.6 Å². The monoisotopic (exact) mass is 844 g/mol. The Morgan fingerprint density at radius 3 is 2.36 bits per heavy atom. The molecule has 0 bridgehead atoms. The van der Waals surface area contributed by atoms with Crippen LogP contribution in [0.15, 0.2) is 65.9 Å². The number of aromatic nitrogens is 1. The molecule has 1 saturated carbocycles. The van der Waals surface area contributed by atoms with Crippen molar-refractivity contribution in [2.24, 2.45) is 22.9 Å². The molecular weight excluding hydrogens is 767 g/mol. The Morgan fingerprint density at radius 2 is 1.69 bits per heavy atom. The molecule has 0 saturated heterocycles. The average molecular weight is 844 g/mol. The Morgan fingerprint density at radius 1 is 0.984 bits per heavy atom. The first-order chi connectivity index (χ1) is 29.5. The minimum atomic E-state index is -1.26. The number of nitrogens with zero attached hydrogens (tertiary/aromatic N) is 3. The van der Waals surface area contributed by atoms with Gasteiger partial charge in [-0.15, -0.1) is 6.58 Å². The molecule has 3 aliphatic rings. The van der Waals surface area contributed by atoms with E-state index < -0.39 is 17.4 Å². The third-order valence-electron chi connectivity index (χ3n) is 12.8. The van der Waals surface area contributed by atoms with E-state index in [4.69, 9.17) is 24.2 Å². The number of fused-ring (bicyclic) bond motifs is 2. The molecule has 2 heterocycles. The second-order valence-electron chi connectivity index (χ2n) is 18.6. The van der Waals surface area contributed by atoms with Gasteiger partial charge in [-0.05, 0) is 108 Å². The number of unbranched alkanes of at least 4 members (excludes halogenated alkanes) is 10. The van der Waals surface area contributed by atoms with Crippen LogP contribution >= 0.6 is 0 Å². The van der Waals surface area contributed by atoms with Crippen LogP contribution in [0.3, 0.4) is 0 Å². The number of oxime groups is 1. The quantitative estimate of drug-likeness (QED) is 0.0545. The molecule has 5 rings (SSSR count). The summed E-state index contributed by atoms with van der Waals surface area (Å²) in [6, 6.07) is 11.5. The third kappa shape index (κ3) is 12.9. The number of carbonyl (C=O) groups excluding carboxylic acids is 1. The smallest absolute Gasteiger partial charge is 0.239 e. The van der Waals surface area contributed by atoms with Crippen LogP contribution in [-0.4, -0.2) is 76.0 Å². The van der Waals surface area contributed by atoms with E-state index in [-0.39, 0.29) is 49.4 Å². The lowest BCUT2D eigenvalue weighted by atomic mass is 9.55. The molecule has 1 fully saturated rings. The highest BCUT2D eigenvalue weighted by Gasteiger charge is 2.65. The van der Waals surface area contributed by atoms with Gasteiger partial charge in [-0.2, -0.15) is 0 Å². The standard InChI is InChI=1S/C51H77N3O7/c1-8-10-11-12-13-14-15-16-17-27-47(57)54(7)46-35-44(53-61-50(4,5)6)42-33-38(24-18-20-30-55)41(26-19-21-31-56)48-43-34-40(58-36-39-25-22-23-37(3)52-39)28-29-45(43)60-51(46,49(42)48)59-32-9-2/h9,22-23,25,28-29,33-34,38,41,46,48-49,55-56H,2,8,10-21,24,26-27,30-32,35-36H2,1,3-7H3/t38-,41+,46-,48+,49+,51+/m0/s1. The molecule has 2 aliphatic carbocycles. The van der Waals surface area contributed by atoms with Crippen molar-refractivity contribution in [1.82, 2.24) is 9.88 Å². The number of carbonyl (C=O) groups is 1. The predicted octanol–water partition coefficient (Wildman–Crippen LogP) is 10.8. The van der Waals surface area contributed by atoms with Gasteiger partial charge in [0, 0.05) is 50.3 Å². The summed E-state index contributed by atoms with van der Waals surface area (Å²) in [7, 11) is 1.90. The summed E-state index contributed by atoms with van der Waals surface area (Å²) < 4.78 is 20.9. The summed E-state index contributed by atoms with van der Waals surface area (Å²) in [4.78, 5) is 27.2. The molecule has 0 unspecified atom stereocenters. The van der Waals surface area contributed by atoms with Crippen molar-refractivity contribution in [3.63, 3.8) is 0 Å². The van der Waals surface area contributed by atoms with E-state index in [1.807, 2.05) is 70.0 Å². The maximum Gasteiger partial charge on any atom is 0.239 e. The maximum absolute atomic E-state index is 14.4. The highest BCUT2D eigenvalue weighted by molar-refractivity contribution is 6.03. The Bertz CT molecular complexity index is 1750. The molecule has 0 radical (unpaired) electrons. The van der Waals surface area contributed by atoms with Crippen molar-refractivity contribution in [3.05, 3.63) is 77.7 Å². The van der Waals surface area contributed by atoms with E-state index in [1.54, 1.807) is 6.08 Å². The van der Waals surface area contributed by atoms with Crippen LogP contribution in [0.25, 0.3) is 0 Å². The van der Waals surface area contributed by atoms with E-state index in [0.717, 1.165) is 85.4 Å². The molecule has 61 heavy (non-hydrogen) atoms. The Hall–Kier alpha value is -3.73. The van der Waals surface area contributed by atoms with Crippen molar-refractivity contribution in [2.75, 3.05) is 26.9 Å². The summed E-state index contributed by atoms with van der Waals surface area (Å²) in [6.07, 6.45) is 20.5. The van der Waals surface area contributed by atoms with Crippen LogP contribution in [0.2, 0.25) is 0 Å². The number of aliphatic hydroxyl groups is 2. The lowest BCUT2D eigenvalue weighted by molar-refractivity contribution is -0.255. The number of benzene rings is 1. The van der Waals surface area contributed by atoms with Gasteiger partial charge in [0.15, 0.2) is 0 Å². The summed E-state index contributed by atoms with van der Waals surface area (Å²) >= 11 is 0. The number of amides is 1. The van der Waals surface area contributed by atoms with Crippen molar-refractivity contribution in [1.29, 1.82) is 0 Å². The topological polar surface area (TPSA) is 123 Å². The van der Waals surface area contributed by atoms with E-state index >= 15 is 0 Å². The molecule has 338 valence electrons. The lowest BCUT2D eigenvalue weighted by Crippen LogP contribution is -2.69. The minimum Gasteiger partial charge on any atom is -0.487 e. The highest BCUT2D eigenvalue weighted by atomic mass is 16.7. The number of hydrogen-bond donors (Lipinski definition) is 2. The predicted molar refractivity (Wildman–Crippen MR) is 244 cm³/mol. The first-order valence-electron chi connectivity index (χ1n) is 23.5.